The van der Waals surface area contributed by atoms with E-state index in [4.69, 9.17) is 9.63 Å². The van der Waals surface area contributed by atoms with Crippen molar-refractivity contribution in [1.82, 2.24) is 5.16 Å². The maximum atomic E-state index is 10.9. The van der Waals surface area contributed by atoms with Crippen molar-refractivity contribution in [2.24, 2.45) is 5.92 Å². The lowest BCUT2D eigenvalue weighted by Crippen LogP contribution is -2.38. The van der Waals surface area contributed by atoms with Crippen LogP contribution in [0.15, 0.2) is 10.7 Å². The van der Waals surface area contributed by atoms with Gasteiger partial charge in [-0.1, -0.05) is 12.1 Å². The smallest absolute Gasteiger partial charge is 0.340 e. The first kappa shape index (κ1) is 8.25. The highest BCUT2D eigenvalue weighted by Gasteiger charge is 2.52. The van der Waals surface area contributed by atoms with Gasteiger partial charge < -0.3 is 14.7 Å². The van der Waals surface area contributed by atoms with Gasteiger partial charge in [-0.2, -0.15) is 0 Å². The average Bonchev–Trinajstić information content (AvgIpc) is 2.57. The maximum Gasteiger partial charge on any atom is 0.340 e. The molecule has 5 heteroatoms. The first-order valence-electron chi connectivity index (χ1n) is 3.96. The van der Waals surface area contributed by atoms with Crippen molar-refractivity contribution in [2.75, 3.05) is 0 Å². The first-order valence-corrected chi connectivity index (χ1v) is 3.96. The summed E-state index contributed by atoms with van der Waals surface area (Å²) in [5.74, 6) is -1.15. The van der Waals surface area contributed by atoms with Gasteiger partial charge in [0.25, 0.3) is 0 Å². The van der Waals surface area contributed by atoms with Crippen LogP contribution in [-0.4, -0.2) is 21.3 Å². The minimum atomic E-state index is -1.82. The number of fused-ring (bicyclic) bond motifs is 1. The lowest BCUT2D eigenvalue weighted by atomic mass is 9.90. The van der Waals surface area contributed by atoms with E-state index in [1.54, 1.807) is 6.92 Å². The van der Waals surface area contributed by atoms with E-state index in [2.05, 4.69) is 5.16 Å². The maximum absolute atomic E-state index is 10.9. The Bertz CT molecular complexity index is 359. The molecule has 1 aliphatic rings. The van der Waals surface area contributed by atoms with Gasteiger partial charge in [-0.3, -0.25) is 0 Å². The zero-order valence-corrected chi connectivity index (χ0v) is 7.02. The molecule has 13 heavy (non-hydrogen) atoms. The zero-order chi connectivity index (χ0) is 9.64. The molecule has 2 rings (SSSR count). The summed E-state index contributed by atoms with van der Waals surface area (Å²) < 4.78 is 4.82. The molecule has 0 spiro atoms. The van der Waals surface area contributed by atoms with Crippen LogP contribution in [0.2, 0.25) is 0 Å². The van der Waals surface area contributed by atoms with Gasteiger partial charge in [-0.25, -0.2) is 4.79 Å². The summed E-state index contributed by atoms with van der Waals surface area (Å²) in [6, 6.07) is 0. The molecule has 0 saturated heterocycles. The van der Waals surface area contributed by atoms with Crippen molar-refractivity contribution in [3.63, 3.8) is 0 Å². The van der Waals surface area contributed by atoms with E-state index in [0.29, 0.717) is 12.2 Å². The van der Waals surface area contributed by atoms with Crippen LogP contribution in [0.5, 0.6) is 0 Å². The Hall–Kier alpha value is -1.36. The molecule has 2 atom stereocenters. The topological polar surface area (TPSA) is 83.6 Å². The van der Waals surface area contributed by atoms with Crippen molar-refractivity contribution in [3.05, 3.63) is 17.5 Å². The lowest BCUT2D eigenvalue weighted by molar-refractivity contribution is -0.164. The normalized spacial score (nSPS) is 31.7. The highest BCUT2D eigenvalue weighted by molar-refractivity contribution is 5.80. The number of hydrogen-bond donors (Lipinski definition) is 2. The number of carboxylic acids is 1. The van der Waals surface area contributed by atoms with Crippen molar-refractivity contribution < 1.29 is 19.5 Å². The summed E-state index contributed by atoms with van der Waals surface area (Å²) in [5, 5.41) is 22.2. The van der Waals surface area contributed by atoms with E-state index in [1.807, 2.05) is 0 Å². The number of nitrogens with zero attached hydrogens (tertiary/aromatic N) is 1. The molecule has 0 saturated carbocycles. The number of aliphatic hydroxyl groups is 1. The second kappa shape index (κ2) is 2.32. The molecule has 70 valence electrons. The van der Waals surface area contributed by atoms with Crippen LogP contribution in [0.4, 0.5) is 0 Å². The fraction of sp³-hybridized carbons (Fsp3) is 0.500. The molecule has 1 aromatic rings. The fourth-order valence-electron chi connectivity index (χ4n) is 1.74. The number of carboxylic acid groups (broad SMARTS) is 1. The molecule has 1 aliphatic carbocycles. The highest BCUT2D eigenvalue weighted by atomic mass is 16.5. The van der Waals surface area contributed by atoms with Crippen molar-refractivity contribution in [2.45, 2.75) is 18.9 Å². The van der Waals surface area contributed by atoms with Crippen LogP contribution in [0.1, 0.15) is 18.2 Å². The molecule has 2 N–H and O–H groups in total. The molecule has 0 amide bonds. The predicted molar refractivity (Wildman–Crippen MR) is 40.9 cm³/mol. The Labute approximate surface area is 74.0 Å². The van der Waals surface area contributed by atoms with E-state index >= 15 is 0 Å². The average molecular weight is 183 g/mol. The van der Waals surface area contributed by atoms with Gasteiger partial charge in [0.1, 0.15) is 5.76 Å². The summed E-state index contributed by atoms with van der Waals surface area (Å²) in [4.78, 5) is 10.9. The third-order valence-electron chi connectivity index (χ3n) is 2.59. The molecule has 0 bridgehead atoms. The zero-order valence-electron chi connectivity index (χ0n) is 7.02. The molecular formula is C8H9NO4. The van der Waals surface area contributed by atoms with Crippen molar-refractivity contribution in [3.8, 4) is 0 Å². The third kappa shape index (κ3) is 0.846. The van der Waals surface area contributed by atoms with Crippen LogP contribution >= 0.6 is 0 Å². The molecule has 0 radical (unpaired) electrons. The standard InChI is InChI=1S/C8H9NO4/c1-4-2-6-5(3-9-13-6)8(4,12)7(10)11/h3-4,12H,2H2,1H3,(H,10,11). The first-order chi connectivity index (χ1) is 6.06. The van der Waals surface area contributed by atoms with E-state index in [-0.39, 0.29) is 11.5 Å². The molecule has 0 aliphatic heterocycles. The van der Waals surface area contributed by atoms with Crippen LogP contribution in [0.25, 0.3) is 0 Å². The molecule has 2 unspecified atom stereocenters. The van der Waals surface area contributed by atoms with Gasteiger partial charge in [-0.05, 0) is 0 Å². The number of carbonyl (C=O) groups is 1. The molecule has 0 aromatic carbocycles. The van der Waals surface area contributed by atoms with Gasteiger partial charge >= 0.3 is 5.97 Å². The quantitative estimate of drug-likeness (QED) is 0.647. The Morgan fingerprint density at radius 3 is 3.15 bits per heavy atom. The summed E-state index contributed by atoms with van der Waals surface area (Å²) in [5.41, 5.74) is -1.54. The van der Waals surface area contributed by atoms with E-state index in [0.717, 1.165) is 0 Å². The van der Waals surface area contributed by atoms with Gasteiger partial charge in [0.15, 0.2) is 5.60 Å². The summed E-state index contributed by atoms with van der Waals surface area (Å²) in [7, 11) is 0. The van der Waals surface area contributed by atoms with Crippen LogP contribution in [0, 0.1) is 5.92 Å². The second-order valence-corrected chi connectivity index (χ2v) is 3.34. The summed E-state index contributed by atoms with van der Waals surface area (Å²) in [6.45, 7) is 1.67. The Morgan fingerprint density at radius 2 is 2.54 bits per heavy atom. The summed E-state index contributed by atoms with van der Waals surface area (Å²) in [6.07, 6.45) is 1.69. The second-order valence-electron chi connectivity index (χ2n) is 3.34. The molecule has 1 aromatic heterocycles. The number of rotatable bonds is 1. The Morgan fingerprint density at radius 1 is 1.85 bits per heavy atom. The van der Waals surface area contributed by atoms with Crippen LogP contribution in [0.3, 0.4) is 0 Å². The Kier molecular flexibility index (Phi) is 1.47. The summed E-state index contributed by atoms with van der Waals surface area (Å²) >= 11 is 0. The monoisotopic (exact) mass is 183 g/mol. The van der Waals surface area contributed by atoms with Crippen molar-refractivity contribution >= 4 is 5.97 Å². The van der Waals surface area contributed by atoms with Gasteiger partial charge in [0.2, 0.25) is 0 Å². The van der Waals surface area contributed by atoms with Gasteiger partial charge in [0.05, 0.1) is 11.8 Å². The lowest BCUT2D eigenvalue weighted by Gasteiger charge is -2.21. The highest BCUT2D eigenvalue weighted by Crippen LogP contribution is 2.41. The fourth-order valence-corrected chi connectivity index (χ4v) is 1.74. The van der Waals surface area contributed by atoms with Gasteiger partial charge in [-0.15, -0.1) is 0 Å². The van der Waals surface area contributed by atoms with Crippen LogP contribution in [-0.2, 0) is 16.8 Å². The van der Waals surface area contributed by atoms with Gasteiger partial charge in [0, 0.05) is 12.3 Å². The SMILES string of the molecule is CC1Cc2oncc2C1(O)C(=O)O. The van der Waals surface area contributed by atoms with E-state index < -0.39 is 11.6 Å². The van der Waals surface area contributed by atoms with E-state index in [9.17, 15) is 9.90 Å². The molecular weight excluding hydrogens is 174 g/mol. The minimum absolute atomic E-state index is 0.285. The Balaban J connectivity index is 2.56. The van der Waals surface area contributed by atoms with Crippen molar-refractivity contribution in [1.29, 1.82) is 0 Å². The largest absolute Gasteiger partial charge is 0.479 e. The number of aromatic nitrogens is 1. The van der Waals surface area contributed by atoms with Crippen LogP contribution < -0.4 is 0 Å². The van der Waals surface area contributed by atoms with E-state index in [1.165, 1.54) is 6.20 Å². The third-order valence-corrected chi connectivity index (χ3v) is 2.59. The number of hydrogen-bond acceptors (Lipinski definition) is 4. The minimum Gasteiger partial charge on any atom is -0.479 e. The molecule has 5 nitrogen and oxygen atoms in total. The molecule has 1 heterocycles. The molecule has 0 fully saturated rings. The number of aliphatic carboxylic acids is 1. The predicted octanol–water partition coefficient (Wildman–Crippen LogP) is 0.139.